The smallest absolute Gasteiger partial charge is 0.273 e. The maximum atomic E-state index is 13.8. The van der Waals surface area contributed by atoms with Gasteiger partial charge in [-0.15, -0.1) is 0 Å². The van der Waals surface area contributed by atoms with Crippen LogP contribution in [0.5, 0.6) is 5.75 Å². The zero-order valence-corrected chi connectivity index (χ0v) is 22.9. The molecule has 0 unspecified atom stereocenters. The standard InChI is InChI=1S/C25H25ClFN3O6S2/c1-17-7-9-20(14-22(17)30(32)33)38(34,35)29(23-13-19(26)8-10-24(23)36-2)15-25(31)28-11-12-37-16-18-5-3-4-6-21(18)27/h3-10,13-14H,11-12,15-16H2,1-2H3,(H,28,31). The molecule has 1 amide bonds. The second kappa shape index (κ2) is 12.9. The highest BCUT2D eigenvalue weighted by atomic mass is 35.5. The molecule has 202 valence electrons. The summed E-state index contributed by atoms with van der Waals surface area (Å²) in [5.74, 6) is 0.0696. The molecule has 3 aromatic carbocycles. The van der Waals surface area contributed by atoms with E-state index in [0.29, 0.717) is 17.1 Å². The van der Waals surface area contributed by atoms with E-state index in [1.165, 1.54) is 62.2 Å². The fourth-order valence-electron chi connectivity index (χ4n) is 3.48. The number of nitro benzene ring substituents is 1. The van der Waals surface area contributed by atoms with Crippen molar-refractivity contribution < 1.29 is 27.3 Å². The van der Waals surface area contributed by atoms with E-state index in [0.717, 1.165) is 10.4 Å². The van der Waals surface area contributed by atoms with E-state index in [-0.39, 0.29) is 45.0 Å². The minimum Gasteiger partial charge on any atom is -0.495 e. The fourth-order valence-corrected chi connectivity index (χ4v) is 5.93. The summed E-state index contributed by atoms with van der Waals surface area (Å²) in [7, 11) is -3.13. The molecule has 38 heavy (non-hydrogen) atoms. The Bertz CT molecular complexity index is 1440. The van der Waals surface area contributed by atoms with E-state index in [4.69, 9.17) is 16.3 Å². The van der Waals surface area contributed by atoms with Crippen LogP contribution in [0.4, 0.5) is 15.8 Å². The Balaban J connectivity index is 1.82. The SMILES string of the molecule is COc1ccc(Cl)cc1N(CC(=O)NCCSCc1ccccc1F)S(=O)(=O)c1ccc(C)c([N+](=O)[O-])c1. The van der Waals surface area contributed by atoms with Crippen molar-refractivity contribution in [3.05, 3.63) is 92.7 Å². The molecule has 0 radical (unpaired) electrons. The van der Waals surface area contributed by atoms with E-state index in [2.05, 4.69) is 5.32 Å². The van der Waals surface area contributed by atoms with Gasteiger partial charge in [-0.3, -0.25) is 19.2 Å². The fraction of sp³-hybridized carbons (Fsp3) is 0.240. The monoisotopic (exact) mass is 581 g/mol. The van der Waals surface area contributed by atoms with Crippen LogP contribution in [0.1, 0.15) is 11.1 Å². The molecule has 0 aliphatic carbocycles. The van der Waals surface area contributed by atoms with Gasteiger partial charge in [-0.1, -0.05) is 35.9 Å². The largest absolute Gasteiger partial charge is 0.495 e. The number of anilines is 1. The van der Waals surface area contributed by atoms with Crippen molar-refractivity contribution in [3.8, 4) is 5.75 Å². The molecule has 0 spiro atoms. The van der Waals surface area contributed by atoms with Gasteiger partial charge in [0.25, 0.3) is 15.7 Å². The zero-order chi connectivity index (χ0) is 27.9. The number of methoxy groups -OCH3 is 1. The van der Waals surface area contributed by atoms with Gasteiger partial charge >= 0.3 is 0 Å². The normalized spacial score (nSPS) is 11.2. The molecule has 0 aliphatic heterocycles. The predicted molar refractivity (Wildman–Crippen MR) is 146 cm³/mol. The first-order chi connectivity index (χ1) is 18.0. The lowest BCUT2D eigenvalue weighted by Crippen LogP contribution is -2.41. The lowest BCUT2D eigenvalue weighted by molar-refractivity contribution is -0.385. The topological polar surface area (TPSA) is 119 Å². The molecular formula is C25H25ClFN3O6S2. The molecular weight excluding hydrogens is 557 g/mol. The van der Waals surface area contributed by atoms with Crippen LogP contribution in [-0.2, 0) is 20.6 Å². The number of hydrogen-bond acceptors (Lipinski definition) is 7. The molecule has 1 N–H and O–H groups in total. The molecule has 0 atom stereocenters. The molecule has 0 fully saturated rings. The van der Waals surface area contributed by atoms with E-state index in [9.17, 15) is 27.7 Å². The van der Waals surface area contributed by atoms with Crippen molar-refractivity contribution >= 4 is 50.7 Å². The molecule has 0 heterocycles. The van der Waals surface area contributed by atoms with Crippen LogP contribution in [-0.4, -0.2) is 45.2 Å². The van der Waals surface area contributed by atoms with Gasteiger partial charge < -0.3 is 10.1 Å². The molecule has 9 nitrogen and oxygen atoms in total. The Morgan fingerprint density at radius 3 is 2.61 bits per heavy atom. The Morgan fingerprint density at radius 2 is 1.92 bits per heavy atom. The molecule has 3 rings (SSSR count). The van der Waals surface area contributed by atoms with Gasteiger partial charge in [0.15, 0.2) is 0 Å². The van der Waals surface area contributed by atoms with E-state index < -0.39 is 27.4 Å². The summed E-state index contributed by atoms with van der Waals surface area (Å²) >= 11 is 7.53. The maximum Gasteiger partial charge on any atom is 0.273 e. The Hall–Kier alpha value is -3.35. The average molecular weight is 582 g/mol. The molecule has 13 heteroatoms. The highest BCUT2D eigenvalue weighted by Crippen LogP contribution is 2.35. The van der Waals surface area contributed by atoms with E-state index >= 15 is 0 Å². The summed E-state index contributed by atoms with van der Waals surface area (Å²) in [6.07, 6.45) is 0. The first-order valence-corrected chi connectivity index (χ1v) is 14.2. The third-order valence-corrected chi connectivity index (χ3v) is 8.44. The van der Waals surface area contributed by atoms with Gasteiger partial charge in [-0.05, 0) is 42.8 Å². The lowest BCUT2D eigenvalue weighted by Gasteiger charge is -2.26. The van der Waals surface area contributed by atoms with Crippen LogP contribution < -0.4 is 14.4 Å². The van der Waals surface area contributed by atoms with Crippen molar-refractivity contribution in [1.29, 1.82) is 0 Å². The number of nitrogens with zero attached hydrogens (tertiary/aromatic N) is 2. The average Bonchev–Trinajstić information content (AvgIpc) is 2.88. The first-order valence-electron chi connectivity index (χ1n) is 11.2. The van der Waals surface area contributed by atoms with E-state index in [1.807, 2.05) is 0 Å². The number of ether oxygens (including phenoxy) is 1. The van der Waals surface area contributed by atoms with Crippen LogP contribution in [0, 0.1) is 22.9 Å². The van der Waals surface area contributed by atoms with Gasteiger partial charge in [0.1, 0.15) is 18.1 Å². The number of hydrogen-bond donors (Lipinski definition) is 1. The van der Waals surface area contributed by atoms with Crippen LogP contribution >= 0.6 is 23.4 Å². The van der Waals surface area contributed by atoms with Crippen molar-refractivity contribution in [1.82, 2.24) is 5.32 Å². The number of thioether (sulfide) groups is 1. The summed E-state index contributed by atoms with van der Waals surface area (Å²) in [5.41, 5.74) is 0.445. The van der Waals surface area contributed by atoms with Crippen molar-refractivity contribution in [2.45, 2.75) is 17.6 Å². The first kappa shape index (κ1) is 29.2. The molecule has 3 aromatic rings. The van der Waals surface area contributed by atoms with Crippen LogP contribution in [0.15, 0.2) is 65.6 Å². The van der Waals surface area contributed by atoms with Crippen LogP contribution in [0.2, 0.25) is 5.02 Å². The summed E-state index contributed by atoms with van der Waals surface area (Å²) in [5, 5.41) is 14.3. The summed E-state index contributed by atoms with van der Waals surface area (Å²) in [6.45, 7) is 1.05. The number of halogens is 2. The Labute approximate surface area is 229 Å². The maximum absolute atomic E-state index is 13.8. The Kier molecular flexibility index (Phi) is 9.95. The van der Waals surface area contributed by atoms with Crippen molar-refractivity contribution in [2.75, 3.05) is 30.3 Å². The number of aryl methyl sites for hydroxylation is 1. The molecule has 0 bridgehead atoms. The van der Waals surface area contributed by atoms with Crippen LogP contribution in [0.25, 0.3) is 0 Å². The van der Waals surface area contributed by atoms with Crippen molar-refractivity contribution in [3.63, 3.8) is 0 Å². The third kappa shape index (κ3) is 7.15. The third-order valence-electron chi connectivity index (χ3n) is 5.45. The second-order valence-corrected chi connectivity index (χ2v) is 11.4. The Morgan fingerprint density at radius 1 is 1.18 bits per heavy atom. The minimum absolute atomic E-state index is 0.00712. The second-order valence-electron chi connectivity index (χ2n) is 8.03. The highest BCUT2D eigenvalue weighted by molar-refractivity contribution is 7.98. The summed E-state index contributed by atoms with van der Waals surface area (Å²) in [4.78, 5) is 23.2. The van der Waals surface area contributed by atoms with Crippen LogP contribution in [0.3, 0.4) is 0 Å². The number of benzene rings is 3. The zero-order valence-electron chi connectivity index (χ0n) is 20.5. The van der Waals surface area contributed by atoms with Gasteiger partial charge in [-0.25, -0.2) is 12.8 Å². The number of sulfonamides is 1. The number of nitrogens with one attached hydrogen (secondary N) is 1. The minimum atomic E-state index is -4.46. The summed E-state index contributed by atoms with van der Waals surface area (Å²) < 4.78 is 47.2. The predicted octanol–water partition coefficient (Wildman–Crippen LogP) is 4.95. The number of rotatable bonds is 12. The molecule has 0 saturated carbocycles. The number of amides is 1. The molecule has 0 saturated heterocycles. The van der Waals surface area contributed by atoms with Gasteiger partial charge in [0, 0.05) is 34.7 Å². The molecule has 0 aromatic heterocycles. The molecule has 0 aliphatic rings. The van der Waals surface area contributed by atoms with E-state index in [1.54, 1.807) is 18.2 Å². The number of nitro groups is 1. The summed E-state index contributed by atoms with van der Waals surface area (Å²) in [6, 6.07) is 14.2. The number of carbonyl (C=O) groups excluding carboxylic acids is 1. The van der Waals surface area contributed by atoms with Gasteiger partial charge in [0.2, 0.25) is 5.91 Å². The number of carbonyl (C=O) groups is 1. The quantitative estimate of drug-likeness (QED) is 0.183. The lowest BCUT2D eigenvalue weighted by atomic mass is 10.2. The van der Waals surface area contributed by atoms with Gasteiger partial charge in [0.05, 0.1) is 22.6 Å². The van der Waals surface area contributed by atoms with Crippen molar-refractivity contribution in [2.24, 2.45) is 0 Å². The van der Waals surface area contributed by atoms with Gasteiger partial charge in [-0.2, -0.15) is 11.8 Å². The highest BCUT2D eigenvalue weighted by Gasteiger charge is 2.31.